The summed E-state index contributed by atoms with van der Waals surface area (Å²) in [7, 11) is 0. The second kappa shape index (κ2) is 14.9. The van der Waals surface area contributed by atoms with E-state index in [2.05, 4.69) is 26.9 Å². The van der Waals surface area contributed by atoms with Crippen LogP contribution in [0.5, 0.6) is 0 Å². The molecule has 1 fully saturated rings. The van der Waals surface area contributed by atoms with E-state index in [9.17, 15) is 14.4 Å². The summed E-state index contributed by atoms with van der Waals surface area (Å²) in [6.45, 7) is 2.57. The zero-order valence-corrected chi connectivity index (χ0v) is 19.3. The van der Waals surface area contributed by atoms with Crippen LogP contribution < -0.4 is 16.4 Å². The molecule has 1 aromatic carbocycles. The van der Waals surface area contributed by atoms with Crippen molar-refractivity contribution >= 4 is 34.0 Å². The molecular weight excluding hydrogens is 415 g/mol. The zero-order chi connectivity index (χ0) is 21.2. The second-order valence-corrected chi connectivity index (χ2v) is 8.34. The third-order valence-electron chi connectivity index (χ3n) is 5.09. The Morgan fingerprint density at radius 3 is 2.45 bits per heavy atom. The molecule has 2 rings (SSSR count). The molecule has 0 aromatic heterocycles. The van der Waals surface area contributed by atoms with Crippen molar-refractivity contribution in [1.82, 2.24) is 15.5 Å². The highest BCUT2D eigenvalue weighted by Crippen LogP contribution is 2.20. The Labute approximate surface area is 192 Å². The third-order valence-corrected chi connectivity index (χ3v) is 5.59. The summed E-state index contributed by atoms with van der Waals surface area (Å²) in [6, 6.07) is 8.40. The topological polar surface area (TPSA) is 168 Å². The fourth-order valence-corrected chi connectivity index (χ4v) is 4.06. The highest BCUT2D eigenvalue weighted by Gasteiger charge is 2.37. The van der Waals surface area contributed by atoms with Gasteiger partial charge in [-0.15, -0.1) is 0 Å². The van der Waals surface area contributed by atoms with Crippen molar-refractivity contribution in [3.63, 3.8) is 0 Å². The Morgan fingerprint density at radius 1 is 1.16 bits per heavy atom. The average Bonchev–Trinajstić information content (AvgIpc) is 3.17. The molecule has 1 aromatic rings. The van der Waals surface area contributed by atoms with Gasteiger partial charge in [-0.1, -0.05) is 36.8 Å². The van der Waals surface area contributed by atoms with E-state index in [4.69, 9.17) is 5.73 Å². The van der Waals surface area contributed by atoms with Gasteiger partial charge in [0.1, 0.15) is 12.1 Å². The van der Waals surface area contributed by atoms with Gasteiger partial charge in [-0.3, -0.25) is 14.4 Å². The highest BCUT2D eigenvalue weighted by molar-refractivity contribution is 6.13. The molecule has 1 aliphatic heterocycles. The molecule has 0 spiro atoms. The Balaban J connectivity index is 0.00000450. The number of rotatable bonds is 10. The van der Waals surface area contributed by atoms with Gasteiger partial charge in [0.25, 0.3) is 0 Å². The van der Waals surface area contributed by atoms with Crippen molar-refractivity contribution in [2.75, 3.05) is 13.1 Å². The van der Waals surface area contributed by atoms with Crippen LogP contribution in [0.1, 0.15) is 44.6 Å². The first-order valence-electron chi connectivity index (χ1n) is 10.3. The van der Waals surface area contributed by atoms with Gasteiger partial charge in [-0.2, -0.15) is 0 Å². The zero-order valence-electron chi connectivity index (χ0n) is 18.1. The summed E-state index contributed by atoms with van der Waals surface area (Å²) < 4.78 is 0. The van der Waals surface area contributed by atoms with Crippen molar-refractivity contribution in [2.45, 2.75) is 62.4 Å². The standard InChI is InChI=1S/C21H31N4O3.Al.2H2O/c1-16(26)24-18(15-17-9-4-2-5-10-17)21(28)25-14-8-11-19(25)20(27)23-13-7-3-6-12-22;;;/h2,4-5,9-10,13,18-19H,3,6-8,11-12,14-15,22H2,1H3,(H,23,27)(H,24,26);;2*1H2/t18-,19+;;;/m1.../s1. The van der Waals surface area contributed by atoms with E-state index in [0.29, 0.717) is 25.9 Å². The lowest BCUT2D eigenvalue weighted by Gasteiger charge is -2.29. The van der Waals surface area contributed by atoms with Crippen molar-refractivity contribution in [3.05, 3.63) is 35.9 Å². The molecule has 0 unspecified atom stereocenters. The summed E-state index contributed by atoms with van der Waals surface area (Å²) in [5.41, 5.74) is 6.48. The number of carbonyl (C=O) groups excluding carboxylic acids is 3. The lowest BCUT2D eigenvalue weighted by molar-refractivity contribution is -0.141. The number of hydrogen-bond acceptors (Lipinski definition) is 4. The van der Waals surface area contributed by atoms with E-state index < -0.39 is 12.1 Å². The average molecular weight is 451 g/mol. The SMILES string of the molecule is CC(=O)N[C@H](Cc1ccccc1)C(=O)N1CCC[C@H]1C(=O)N[C@H]([Al])CCCCN.O.O. The van der Waals surface area contributed by atoms with E-state index in [1.807, 2.05) is 30.3 Å². The van der Waals surface area contributed by atoms with Crippen molar-refractivity contribution in [3.8, 4) is 0 Å². The molecule has 2 radical (unpaired) electrons. The van der Waals surface area contributed by atoms with Gasteiger partial charge >= 0.3 is 0 Å². The van der Waals surface area contributed by atoms with E-state index in [-0.39, 0.29) is 33.6 Å². The minimum absolute atomic E-state index is 0. The molecule has 0 bridgehead atoms. The van der Waals surface area contributed by atoms with Crippen LogP contribution in [-0.4, -0.2) is 79.9 Å². The molecule has 3 amide bonds. The summed E-state index contributed by atoms with van der Waals surface area (Å²) in [5.74, 6) is -0.598. The van der Waals surface area contributed by atoms with E-state index in [0.717, 1.165) is 31.2 Å². The minimum Gasteiger partial charge on any atom is -0.412 e. The summed E-state index contributed by atoms with van der Waals surface area (Å²) in [4.78, 5) is 39.2. The number of nitrogens with one attached hydrogen (secondary N) is 2. The molecule has 10 heteroatoms. The molecule has 1 saturated heterocycles. The highest BCUT2D eigenvalue weighted by atomic mass is 27.0. The van der Waals surface area contributed by atoms with Gasteiger partial charge in [-0.05, 0) is 42.7 Å². The predicted molar refractivity (Wildman–Crippen MR) is 120 cm³/mol. The van der Waals surface area contributed by atoms with Gasteiger partial charge in [0, 0.05) is 19.9 Å². The summed E-state index contributed by atoms with van der Waals surface area (Å²) >= 11 is 2.65. The Bertz CT molecular complexity index is 692. The van der Waals surface area contributed by atoms with Crippen LogP contribution in [-0.2, 0) is 20.8 Å². The first-order chi connectivity index (χ1) is 13.9. The predicted octanol–water partition coefficient (Wildman–Crippen LogP) is -1.18. The number of benzene rings is 1. The molecular formula is C21H35AlN4O5. The Morgan fingerprint density at radius 2 is 1.84 bits per heavy atom. The Kier molecular flexibility index (Phi) is 14.0. The number of hydrogen-bond donors (Lipinski definition) is 3. The van der Waals surface area contributed by atoms with Crippen LogP contribution in [0.25, 0.3) is 0 Å². The quantitative estimate of drug-likeness (QED) is 0.301. The van der Waals surface area contributed by atoms with Gasteiger partial charge in [-0.25, -0.2) is 0 Å². The van der Waals surface area contributed by atoms with Crippen molar-refractivity contribution < 1.29 is 25.3 Å². The molecule has 0 saturated carbocycles. The molecule has 172 valence electrons. The van der Waals surface area contributed by atoms with Crippen LogP contribution in [0.15, 0.2) is 30.3 Å². The molecule has 1 aliphatic rings. The van der Waals surface area contributed by atoms with Crippen LogP contribution >= 0.6 is 0 Å². The maximum atomic E-state index is 13.2. The van der Waals surface area contributed by atoms with Gasteiger partial charge < -0.3 is 32.2 Å². The monoisotopic (exact) mass is 450 g/mol. The number of carbonyl (C=O) groups is 3. The largest absolute Gasteiger partial charge is 0.412 e. The number of nitrogens with zero attached hydrogens (tertiary/aromatic N) is 1. The second-order valence-electron chi connectivity index (χ2n) is 7.53. The first-order valence-corrected chi connectivity index (χ1v) is 11.0. The van der Waals surface area contributed by atoms with Crippen LogP contribution in [0.4, 0.5) is 0 Å². The van der Waals surface area contributed by atoms with Crippen molar-refractivity contribution in [1.29, 1.82) is 0 Å². The molecule has 1 heterocycles. The van der Waals surface area contributed by atoms with Crippen molar-refractivity contribution in [2.24, 2.45) is 5.73 Å². The number of unbranched alkanes of at least 4 members (excludes halogenated alkanes) is 1. The third kappa shape index (κ3) is 9.37. The van der Waals surface area contributed by atoms with Gasteiger partial charge in [0.15, 0.2) is 16.3 Å². The lowest BCUT2D eigenvalue weighted by atomic mass is 10.0. The maximum Gasteiger partial charge on any atom is 0.246 e. The molecule has 3 atom stereocenters. The Hall–Kier alpha value is -1.96. The summed E-state index contributed by atoms with van der Waals surface area (Å²) in [5, 5.41) is 5.76. The van der Waals surface area contributed by atoms with Crippen LogP contribution in [0.2, 0.25) is 0 Å². The molecule has 9 nitrogen and oxygen atoms in total. The van der Waals surface area contributed by atoms with E-state index in [1.165, 1.54) is 6.92 Å². The number of nitrogens with two attached hydrogens (primary N) is 1. The first kappa shape index (κ1) is 29.0. The molecule has 8 N–H and O–H groups in total. The molecule has 0 aliphatic carbocycles. The van der Waals surface area contributed by atoms with Gasteiger partial charge in [0.2, 0.25) is 17.7 Å². The van der Waals surface area contributed by atoms with Crippen LogP contribution in [0.3, 0.4) is 0 Å². The molecule has 31 heavy (non-hydrogen) atoms. The smallest absolute Gasteiger partial charge is 0.246 e. The minimum atomic E-state index is -0.681. The van der Waals surface area contributed by atoms with E-state index in [1.54, 1.807) is 4.90 Å². The lowest BCUT2D eigenvalue weighted by Crippen LogP contribution is -2.55. The fraction of sp³-hybridized carbons (Fsp3) is 0.571. The normalized spacial score (nSPS) is 17.0. The fourth-order valence-electron chi connectivity index (χ4n) is 3.66. The van der Waals surface area contributed by atoms with Crippen LogP contribution in [0, 0.1) is 0 Å². The number of amides is 3. The van der Waals surface area contributed by atoms with Gasteiger partial charge in [0.05, 0.1) is 0 Å². The summed E-state index contributed by atoms with van der Waals surface area (Å²) in [6.07, 6.45) is 4.51. The van der Waals surface area contributed by atoms with E-state index >= 15 is 0 Å². The maximum absolute atomic E-state index is 13.2. The number of likely N-dealkylation sites (tertiary alicyclic amines) is 1.